The van der Waals surface area contributed by atoms with Crippen LogP contribution in [-0.4, -0.2) is 29.7 Å². The van der Waals surface area contributed by atoms with Gasteiger partial charge in [-0.3, -0.25) is 0 Å². The Balaban J connectivity index is 4.08. The molecule has 0 aromatic carbocycles. The number of amides is 1. The molecule has 1 amide bonds. The van der Waals surface area contributed by atoms with Crippen LogP contribution in [0.2, 0.25) is 0 Å². The van der Waals surface area contributed by atoms with Crippen LogP contribution in [0, 0.1) is 0 Å². The summed E-state index contributed by atoms with van der Waals surface area (Å²) < 4.78 is 5.29. The molecule has 0 spiro atoms. The van der Waals surface area contributed by atoms with Crippen molar-refractivity contribution in [2.24, 2.45) is 0 Å². The van der Waals surface area contributed by atoms with Crippen molar-refractivity contribution in [2.75, 3.05) is 7.05 Å². The number of carbonyl (C=O) groups excluding carboxylic acids is 1. The van der Waals surface area contributed by atoms with E-state index in [4.69, 9.17) is 4.74 Å². The highest BCUT2D eigenvalue weighted by molar-refractivity contribution is 5.68. The molecule has 0 heterocycles. The smallest absolute Gasteiger partial charge is 0.410 e. The quantitative estimate of drug-likeness (QED) is 0.719. The van der Waals surface area contributed by atoms with Crippen LogP contribution < -0.4 is 0 Å². The molecule has 1 atom stereocenters. The van der Waals surface area contributed by atoms with Crippen molar-refractivity contribution in [3.05, 3.63) is 0 Å². The van der Waals surface area contributed by atoms with Crippen LogP contribution in [0.1, 0.15) is 53.9 Å². The van der Waals surface area contributed by atoms with Crippen molar-refractivity contribution in [3.63, 3.8) is 0 Å². The second-order valence-electron chi connectivity index (χ2n) is 5.08. The summed E-state index contributed by atoms with van der Waals surface area (Å²) >= 11 is 0. The molecule has 0 aromatic rings. The molecule has 0 saturated heterocycles. The molecule has 0 aromatic heterocycles. The van der Waals surface area contributed by atoms with Gasteiger partial charge in [0.25, 0.3) is 0 Å². The maximum absolute atomic E-state index is 11.7. The summed E-state index contributed by atoms with van der Waals surface area (Å²) in [6.07, 6.45) is 3.11. The van der Waals surface area contributed by atoms with Crippen LogP contribution in [0.3, 0.4) is 0 Å². The highest BCUT2D eigenvalue weighted by Gasteiger charge is 2.22. The number of carbonyl (C=O) groups is 1. The van der Waals surface area contributed by atoms with Gasteiger partial charge in [-0.2, -0.15) is 0 Å². The fourth-order valence-corrected chi connectivity index (χ4v) is 1.21. The minimum Gasteiger partial charge on any atom is -0.444 e. The van der Waals surface area contributed by atoms with Gasteiger partial charge in [0, 0.05) is 13.1 Å². The van der Waals surface area contributed by atoms with Crippen molar-refractivity contribution in [1.82, 2.24) is 4.90 Å². The fraction of sp³-hybridized carbons (Fsp3) is 0.917. The molecular weight excluding hydrogens is 190 g/mol. The lowest BCUT2D eigenvalue weighted by atomic mass is 10.1. The third-order valence-electron chi connectivity index (χ3n) is 2.32. The zero-order chi connectivity index (χ0) is 12.1. The Morgan fingerprint density at radius 2 is 1.93 bits per heavy atom. The molecule has 0 saturated carbocycles. The maximum Gasteiger partial charge on any atom is 0.410 e. The predicted octanol–water partition coefficient (Wildman–Crippen LogP) is 3.43. The first kappa shape index (κ1) is 14.3. The summed E-state index contributed by atoms with van der Waals surface area (Å²) in [6.45, 7) is 9.86. The summed E-state index contributed by atoms with van der Waals surface area (Å²) in [5.74, 6) is 0. The Bertz CT molecular complexity index is 196. The van der Waals surface area contributed by atoms with Gasteiger partial charge in [0.15, 0.2) is 0 Å². The lowest BCUT2D eigenvalue weighted by molar-refractivity contribution is 0.0228. The van der Waals surface area contributed by atoms with Crippen LogP contribution in [0.5, 0.6) is 0 Å². The van der Waals surface area contributed by atoms with Crippen molar-refractivity contribution in [3.8, 4) is 0 Å². The SMILES string of the molecule is CCCC[C@@H](C)N(C)C(=O)OC(C)(C)C. The largest absolute Gasteiger partial charge is 0.444 e. The summed E-state index contributed by atoms with van der Waals surface area (Å²) in [5.41, 5.74) is -0.407. The number of nitrogens with zero attached hydrogens (tertiary/aromatic N) is 1. The van der Waals surface area contributed by atoms with Gasteiger partial charge < -0.3 is 9.64 Å². The second kappa shape index (κ2) is 5.99. The number of rotatable bonds is 4. The van der Waals surface area contributed by atoms with Gasteiger partial charge in [-0.25, -0.2) is 4.79 Å². The first-order valence-electron chi connectivity index (χ1n) is 5.73. The highest BCUT2D eigenvalue weighted by Crippen LogP contribution is 2.13. The normalized spacial score (nSPS) is 13.5. The number of hydrogen-bond donors (Lipinski definition) is 0. The minimum absolute atomic E-state index is 0.230. The van der Waals surface area contributed by atoms with E-state index in [-0.39, 0.29) is 12.1 Å². The van der Waals surface area contributed by atoms with Gasteiger partial charge in [-0.15, -0.1) is 0 Å². The fourth-order valence-electron chi connectivity index (χ4n) is 1.21. The molecule has 0 rings (SSSR count). The Morgan fingerprint density at radius 1 is 1.40 bits per heavy atom. The Labute approximate surface area is 93.8 Å². The zero-order valence-corrected chi connectivity index (χ0v) is 11.0. The molecule has 15 heavy (non-hydrogen) atoms. The van der Waals surface area contributed by atoms with E-state index in [0.29, 0.717) is 0 Å². The van der Waals surface area contributed by atoms with Gasteiger partial charge in [-0.1, -0.05) is 19.8 Å². The van der Waals surface area contributed by atoms with Crippen LogP contribution >= 0.6 is 0 Å². The third kappa shape index (κ3) is 6.37. The van der Waals surface area contributed by atoms with E-state index in [1.807, 2.05) is 20.8 Å². The summed E-state index contributed by atoms with van der Waals surface area (Å²) in [4.78, 5) is 13.3. The molecule has 0 N–H and O–H groups in total. The van der Waals surface area contributed by atoms with E-state index in [1.165, 1.54) is 0 Å². The molecule has 0 radical (unpaired) electrons. The van der Waals surface area contributed by atoms with E-state index in [0.717, 1.165) is 19.3 Å². The van der Waals surface area contributed by atoms with Crippen molar-refractivity contribution >= 4 is 6.09 Å². The van der Waals surface area contributed by atoms with E-state index in [2.05, 4.69) is 13.8 Å². The monoisotopic (exact) mass is 215 g/mol. The van der Waals surface area contributed by atoms with Crippen LogP contribution in [0.4, 0.5) is 4.79 Å². The molecular formula is C12H25NO2. The standard InChI is InChI=1S/C12H25NO2/c1-7-8-9-10(2)13(6)11(14)15-12(3,4)5/h10H,7-9H2,1-6H3/t10-/m1/s1. The third-order valence-corrected chi connectivity index (χ3v) is 2.32. The Morgan fingerprint density at radius 3 is 2.33 bits per heavy atom. The molecule has 0 aliphatic carbocycles. The Kier molecular flexibility index (Phi) is 5.69. The van der Waals surface area contributed by atoms with Crippen LogP contribution in [0.25, 0.3) is 0 Å². The molecule has 0 aliphatic heterocycles. The van der Waals surface area contributed by atoms with E-state index >= 15 is 0 Å². The average molecular weight is 215 g/mol. The number of hydrogen-bond acceptors (Lipinski definition) is 2. The van der Waals surface area contributed by atoms with E-state index in [9.17, 15) is 4.79 Å². The summed E-state index contributed by atoms with van der Waals surface area (Å²) in [6, 6.07) is 0.250. The lowest BCUT2D eigenvalue weighted by Gasteiger charge is -2.28. The minimum atomic E-state index is -0.407. The molecule has 0 unspecified atom stereocenters. The lowest BCUT2D eigenvalue weighted by Crippen LogP contribution is -2.39. The van der Waals surface area contributed by atoms with E-state index in [1.54, 1.807) is 11.9 Å². The van der Waals surface area contributed by atoms with Crippen molar-refractivity contribution in [1.29, 1.82) is 0 Å². The Hall–Kier alpha value is -0.730. The van der Waals surface area contributed by atoms with Gasteiger partial charge in [0.1, 0.15) is 5.60 Å². The van der Waals surface area contributed by atoms with Crippen LogP contribution in [0.15, 0.2) is 0 Å². The first-order chi connectivity index (χ1) is 6.78. The number of unbranched alkanes of at least 4 members (excludes halogenated alkanes) is 1. The van der Waals surface area contributed by atoms with Crippen molar-refractivity contribution < 1.29 is 9.53 Å². The second-order valence-corrected chi connectivity index (χ2v) is 5.08. The van der Waals surface area contributed by atoms with E-state index < -0.39 is 5.60 Å². The predicted molar refractivity (Wildman–Crippen MR) is 63.0 cm³/mol. The molecule has 90 valence electrons. The van der Waals surface area contributed by atoms with Gasteiger partial charge in [0.05, 0.1) is 0 Å². The molecule has 0 bridgehead atoms. The first-order valence-corrected chi connectivity index (χ1v) is 5.73. The molecule has 0 aliphatic rings. The van der Waals surface area contributed by atoms with Crippen LogP contribution in [-0.2, 0) is 4.74 Å². The molecule has 3 nitrogen and oxygen atoms in total. The summed E-state index contributed by atoms with van der Waals surface area (Å²) in [7, 11) is 1.80. The zero-order valence-electron chi connectivity index (χ0n) is 11.0. The summed E-state index contributed by atoms with van der Waals surface area (Å²) in [5, 5.41) is 0. The topological polar surface area (TPSA) is 29.5 Å². The maximum atomic E-state index is 11.7. The average Bonchev–Trinajstić information content (AvgIpc) is 2.10. The van der Waals surface area contributed by atoms with Crippen molar-refractivity contribution in [2.45, 2.75) is 65.5 Å². The number of ether oxygens (including phenoxy) is 1. The van der Waals surface area contributed by atoms with Gasteiger partial charge >= 0.3 is 6.09 Å². The molecule has 0 fully saturated rings. The molecule has 3 heteroatoms. The van der Waals surface area contributed by atoms with Gasteiger partial charge in [-0.05, 0) is 34.1 Å². The van der Waals surface area contributed by atoms with Gasteiger partial charge in [0.2, 0.25) is 0 Å². The highest BCUT2D eigenvalue weighted by atomic mass is 16.6.